The second-order valence-electron chi connectivity index (χ2n) is 8.01. The molecule has 0 aliphatic rings. The van der Waals surface area contributed by atoms with Crippen molar-refractivity contribution in [3.8, 4) is 17.5 Å². The van der Waals surface area contributed by atoms with Crippen molar-refractivity contribution in [3.05, 3.63) is 99.6 Å². The number of rotatable bonds is 4. The Morgan fingerprint density at radius 3 is 2.49 bits per heavy atom. The molecule has 5 N–H and O–H groups in total. The standard InChI is InChI=1S/C26H20ClN9O/c1-15(34-23-18(22(28)32-14-33-23)11-10-16-12-30-26(29)31-13-16)24-35-20-9-5-8-19(27)21(20)25(37)36(24)17-6-3-2-4-7-17/h2-9,12-15H,1H3,(H2,29,30,31)(H3,28,32,33,34). The van der Waals surface area contributed by atoms with Gasteiger partial charge in [-0.1, -0.05) is 47.7 Å². The summed E-state index contributed by atoms with van der Waals surface area (Å²) < 4.78 is 1.54. The number of para-hydroxylation sites is 1. The molecule has 0 spiro atoms. The highest BCUT2D eigenvalue weighted by atomic mass is 35.5. The van der Waals surface area contributed by atoms with Gasteiger partial charge in [0.1, 0.15) is 29.4 Å². The van der Waals surface area contributed by atoms with E-state index in [-0.39, 0.29) is 17.3 Å². The van der Waals surface area contributed by atoms with Crippen LogP contribution in [0.15, 0.2) is 72.0 Å². The monoisotopic (exact) mass is 509 g/mol. The van der Waals surface area contributed by atoms with Crippen LogP contribution in [0.1, 0.15) is 29.9 Å². The number of hydrogen-bond acceptors (Lipinski definition) is 9. The lowest BCUT2D eigenvalue weighted by Gasteiger charge is -2.21. The third kappa shape index (κ3) is 4.76. The largest absolute Gasteiger partial charge is 0.382 e. The van der Waals surface area contributed by atoms with E-state index in [9.17, 15) is 4.79 Å². The lowest BCUT2D eigenvalue weighted by atomic mass is 10.2. The Bertz CT molecular complexity index is 1730. The lowest BCUT2D eigenvalue weighted by Crippen LogP contribution is -2.27. The van der Waals surface area contributed by atoms with Gasteiger partial charge in [0.05, 0.1) is 33.2 Å². The van der Waals surface area contributed by atoms with Gasteiger partial charge in [0, 0.05) is 12.4 Å². The molecule has 0 aliphatic carbocycles. The van der Waals surface area contributed by atoms with Gasteiger partial charge in [0.2, 0.25) is 5.95 Å². The van der Waals surface area contributed by atoms with Crippen molar-refractivity contribution in [2.24, 2.45) is 0 Å². The molecule has 2 aromatic carbocycles. The molecule has 10 nitrogen and oxygen atoms in total. The summed E-state index contributed by atoms with van der Waals surface area (Å²) in [6, 6.07) is 13.9. The predicted octanol–water partition coefficient (Wildman–Crippen LogP) is 3.36. The first kappa shape index (κ1) is 23.7. The van der Waals surface area contributed by atoms with E-state index in [4.69, 9.17) is 28.1 Å². The fourth-order valence-corrected chi connectivity index (χ4v) is 4.01. The number of hydrogen-bond donors (Lipinski definition) is 3. The molecule has 0 saturated heterocycles. The topological polar surface area (TPSA) is 151 Å². The van der Waals surface area contributed by atoms with Crippen molar-refractivity contribution in [2.75, 3.05) is 16.8 Å². The van der Waals surface area contributed by atoms with Gasteiger partial charge in [-0.15, -0.1) is 0 Å². The van der Waals surface area contributed by atoms with E-state index in [0.717, 1.165) is 0 Å². The van der Waals surface area contributed by atoms with Gasteiger partial charge in [-0.2, -0.15) is 0 Å². The number of anilines is 3. The molecular formula is C26H20ClN9O. The van der Waals surface area contributed by atoms with Crippen molar-refractivity contribution in [3.63, 3.8) is 0 Å². The molecule has 3 aromatic heterocycles. The van der Waals surface area contributed by atoms with Crippen LogP contribution in [0, 0.1) is 11.8 Å². The van der Waals surface area contributed by atoms with Crippen molar-refractivity contribution >= 4 is 40.1 Å². The van der Waals surface area contributed by atoms with Gasteiger partial charge in [-0.25, -0.2) is 24.9 Å². The summed E-state index contributed by atoms with van der Waals surface area (Å²) in [6.45, 7) is 1.86. The average molecular weight is 510 g/mol. The van der Waals surface area contributed by atoms with Crippen LogP contribution in [-0.2, 0) is 0 Å². The maximum atomic E-state index is 13.7. The molecule has 5 aromatic rings. The molecule has 0 radical (unpaired) electrons. The Kier molecular flexibility index (Phi) is 6.36. The minimum atomic E-state index is -0.494. The molecule has 11 heteroatoms. The van der Waals surface area contributed by atoms with Gasteiger partial charge in [0.15, 0.2) is 0 Å². The number of nitrogens with two attached hydrogens (primary N) is 2. The minimum absolute atomic E-state index is 0.151. The van der Waals surface area contributed by atoms with Crippen molar-refractivity contribution < 1.29 is 0 Å². The van der Waals surface area contributed by atoms with E-state index < -0.39 is 6.04 Å². The first-order valence-corrected chi connectivity index (χ1v) is 11.5. The third-order valence-corrected chi connectivity index (χ3v) is 5.82. The quantitative estimate of drug-likeness (QED) is 0.310. The van der Waals surface area contributed by atoms with E-state index in [1.807, 2.05) is 37.3 Å². The summed E-state index contributed by atoms with van der Waals surface area (Å²) in [6.07, 6.45) is 4.35. The molecule has 37 heavy (non-hydrogen) atoms. The smallest absolute Gasteiger partial charge is 0.267 e. The number of nitrogen functional groups attached to an aromatic ring is 2. The molecule has 5 rings (SSSR count). The molecule has 182 valence electrons. The molecule has 0 aliphatic heterocycles. The number of nitrogens with one attached hydrogen (secondary N) is 1. The average Bonchev–Trinajstić information content (AvgIpc) is 2.89. The maximum absolute atomic E-state index is 13.7. The number of nitrogens with zero attached hydrogens (tertiary/aromatic N) is 6. The first-order chi connectivity index (χ1) is 17.9. The number of aromatic nitrogens is 6. The van der Waals surface area contributed by atoms with Crippen LogP contribution in [0.3, 0.4) is 0 Å². The fourth-order valence-electron chi connectivity index (χ4n) is 3.76. The first-order valence-electron chi connectivity index (χ1n) is 11.2. The molecule has 0 bridgehead atoms. The second kappa shape index (κ2) is 9.93. The molecule has 0 fully saturated rings. The zero-order valence-corrected chi connectivity index (χ0v) is 20.3. The van der Waals surface area contributed by atoms with Crippen LogP contribution >= 0.6 is 11.6 Å². The molecule has 1 atom stereocenters. The number of fused-ring (bicyclic) bond motifs is 1. The van der Waals surface area contributed by atoms with Gasteiger partial charge < -0.3 is 16.8 Å². The maximum Gasteiger partial charge on any atom is 0.267 e. The van der Waals surface area contributed by atoms with Crippen molar-refractivity contribution in [2.45, 2.75) is 13.0 Å². The highest BCUT2D eigenvalue weighted by Gasteiger charge is 2.21. The van der Waals surface area contributed by atoms with Crippen molar-refractivity contribution in [1.82, 2.24) is 29.5 Å². The SMILES string of the molecule is CC(Nc1ncnc(N)c1C#Cc1cnc(N)nc1)c1nc2cccc(Cl)c2c(=O)n1-c1ccccc1. The Morgan fingerprint density at radius 2 is 1.73 bits per heavy atom. The van der Waals surface area contributed by atoms with Crippen LogP contribution in [-0.4, -0.2) is 29.5 Å². The van der Waals surface area contributed by atoms with Gasteiger partial charge in [0.25, 0.3) is 5.56 Å². The Labute approximate surface area is 216 Å². The highest BCUT2D eigenvalue weighted by molar-refractivity contribution is 6.35. The zero-order valence-electron chi connectivity index (χ0n) is 19.6. The summed E-state index contributed by atoms with van der Waals surface area (Å²) in [5.74, 6) is 7.09. The molecular weight excluding hydrogens is 490 g/mol. The summed E-state index contributed by atoms with van der Waals surface area (Å²) >= 11 is 6.38. The molecule has 0 saturated carbocycles. The fraction of sp³-hybridized carbons (Fsp3) is 0.0769. The Morgan fingerprint density at radius 1 is 0.973 bits per heavy atom. The Hall–Kier alpha value is -5.01. The van der Waals surface area contributed by atoms with E-state index in [0.29, 0.717) is 44.4 Å². The van der Waals surface area contributed by atoms with E-state index in [2.05, 4.69) is 37.1 Å². The van der Waals surface area contributed by atoms with Crippen LogP contribution in [0.2, 0.25) is 5.02 Å². The molecule has 0 amide bonds. The number of halogens is 1. The molecule has 1 unspecified atom stereocenters. The van der Waals surface area contributed by atoms with Gasteiger partial charge in [-0.3, -0.25) is 9.36 Å². The van der Waals surface area contributed by atoms with Crippen LogP contribution in [0.5, 0.6) is 0 Å². The number of benzene rings is 2. The predicted molar refractivity (Wildman–Crippen MR) is 143 cm³/mol. The van der Waals surface area contributed by atoms with E-state index >= 15 is 0 Å². The lowest BCUT2D eigenvalue weighted by molar-refractivity contribution is 0.730. The van der Waals surface area contributed by atoms with Gasteiger partial charge >= 0.3 is 0 Å². The third-order valence-electron chi connectivity index (χ3n) is 5.51. The summed E-state index contributed by atoms with van der Waals surface area (Å²) in [5, 5.41) is 3.96. The highest BCUT2D eigenvalue weighted by Crippen LogP contribution is 2.26. The van der Waals surface area contributed by atoms with E-state index in [1.54, 1.807) is 18.2 Å². The normalized spacial score (nSPS) is 11.5. The van der Waals surface area contributed by atoms with Crippen LogP contribution in [0.25, 0.3) is 16.6 Å². The second-order valence-corrected chi connectivity index (χ2v) is 8.42. The van der Waals surface area contributed by atoms with E-state index in [1.165, 1.54) is 23.3 Å². The Balaban J connectivity index is 1.61. The zero-order chi connectivity index (χ0) is 25.9. The van der Waals surface area contributed by atoms with Crippen LogP contribution in [0.4, 0.5) is 17.6 Å². The van der Waals surface area contributed by atoms with Crippen LogP contribution < -0.4 is 22.3 Å². The summed E-state index contributed by atoms with van der Waals surface area (Å²) in [4.78, 5) is 34.7. The molecule has 3 heterocycles. The summed E-state index contributed by atoms with van der Waals surface area (Å²) in [5.41, 5.74) is 13.4. The van der Waals surface area contributed by atoms with Gasteiger partial charge in [-0.05, 0) is 31.2 Å². The minimum Gasteiger partial charge on any atom is -0.382 e. The summed E-state index contributed by atoms with van der Waals surface area (Å²) in [7, 11) is 0. The van der Waals surface area contributed by atoms with Crippen molar-refractivity contribution in [1.29, 1.82) is 0 Å².